The lowest BCUT2D eigenvalue weighted by atomic mass is 10.1. The Kier molecular flexibility index (Phi) is 8.99. The molecule has 1 fully saturated rings. The van der Waals surface area contributed by atoms with Crippen molar-refractivity contribution < 1.29 is 27.5 Å². The predicted molar refractivity (Wildman–Crippen MR) is 123 cm³/mol. The highest BCUT2D eigenvalue weighted by Gasteiger charge is 2.26. The quantitative estimate of drug-likeness (QED) is 0.530. The van der Waals surface area contributed by atoms with E-state index in [1.807, 2.05) is 30.3 Å². The third kappa shape index (κ3) is 7.12. The molecule has 1 saturated heterocycles. The molecule has 178 valence electrons. The number of nitrogens with zero attached hydrogens (tertiary/aromatic N) is 1. The van der Waals surface area contributed by atoms with E-state index in [1.165, 1.54) is 4.31 Å². The molecular weight excluding hydrogens is 444 g/mol. The van der Waals surface area contributed by atoms with Crippen LogP contribution < -0.4 is 5.32 Å². The summed E-state index contributed by atoms with van der Waals surface area (Å²) in [7, 11) is -3.55. The van der Waals surface area contributed by atoms with Crippen LogP contribution in [0.4, 0.5) is 0 Å². The molecule has 1 aliphatic rings. The Hall–Kier alpha value is -2.75. The largest absolute Gasteiger partial charge is 0.452 e. The topological polar surface area (TPSA) is 102 Å². The molecule has 1 N–H and O–H groups in total. The minimum absolute atomic E-state index is 0.0953. The molecule has 1 heterocycles. The van der Waals surface area contributed by atoms with Crippen LogP contribution >= 0.6 is 0 Å². The number of amides is 1. The van der Waals surface area contributed by atoms with Crippen molar-refractivity contribution in [2.75, 3.05) is 26.3 Å². The molecule has 2 aromatic rings. The normalized spacial score (nSPS) is 15.5. The van der Waals surface area contributed by atoms with E-state index >= 15 is 0 Å². The number of esters is 1. The third-order valence-corrected chi connectivity index (χ3v) is 7.31. The maximum absolute atomic E-state index is 12.7. The maximum atomic E-state index is 12.7. The van der Waals surface area contributed by atoms with Crippen LogP contribution in [0.2, 0.25) is 0 Å². The summed E-state index contributed by atoms with van der Waals surface area (Å²) in [5, 5.41) is 2.79. The molecule has 0 aromatic heterocycles. The molecule has 8 nitrogen and oxygen atoms in total. The lowest BCUT2D eigenvalue weighted by Gasteiger charge is -2.26. The number of sulfonamides is 1. The Morgan fingerprint density at radius 3 is 2.33 bits per heavy atom. The second-order valence-electron chi connectivity index (χ2n) is 7.75. The molecule has 3 rings (SSSR count). The zero-order valence-electron chi connectivity index (χ0n) is 18.7. The maximum Gasteiger partial charge on any atom is 0.306 e. The summed E-state index contributed by atoms with van der Waals surface area (Å²) in [5.74, 6) is -0.797. The Bertz CT molecular complexity index is 1020. The van der Waals surface area contributed by atoms with Crippen LogP contribution in [0.3, 0.4) is 0 Å². The van der Waals surface area contributed by atoms with Crippen molar-refractivity contribution in [3.63, 3.8) is 0 Å². The highest BCUT2D eigenvalue weighted by molar-refractivity contribution is 7.89. The number of benzene rings is 2. The molecule has 0 aliphatic carbocycles. The smallest absolute Gasteiger partial charge is 0.306 e. The first-order chi connectivity index (χ1) is 15.9. The van der Waals surface area contributed by atoms with E-state index in [1.54, 1.807) is 31.2 Å². The number of carbonyl (C=O) groups is 2. The summed E-state index contributed by atoms with van der Waals surface area (Å²) in [6, 6.07) is 16.0. The van der Waals surface area contributed by atoms with Crippen LogP contribution in [0, 0.1) is 0 Å². The van der Waals surface area contributed by atoms with E-state index in [9.17, 15) is 18.0 Å². The highest BCUT2D eigenvalue weighted by Crippen LogP contribution is 2.18. The SMILES string of the molecule is CCC(OC(=O)CCc1ccc(S(=O)(=O)N2CCOCC2)cc1)C(=O)NCc1ccccc1. The first-order valence-corrected chi connectivity index (χ1v) is 12.5. The van der Waals surface area contributed by atoms with Crippen LogP contribution in [0.25, 0.3) is 0 Å². The Morgan fingerprint density at radius 1 is 1.03 bits per heavy atom. The fraction of sp³-hybridized carbons (Fsp3) is 0.417. The van der Waals surface area contributed by atoms with Crippen molar-refractivity contribution in [3.05, 3.63) is 65.7 Å². The van der Waals surface area contributed by atoms with E-state index < -0.39 is 22.1 Å². The zero-order valence-corrected chi connectivity index (χ0v) is 19.6. The number of nitrogens with one attached hydrogen (secondary N) is 1. The molecule has 0 radical (unpaired) electrons. The van der Waals surface area contributed by atoms with Crippen molar-refractivity contribution in [2.24, 2.45) is 0 Å². The van der Waals surface area contributed by atoms with Crippen LogP contribution in [0.1, 0.15) is 30.9 Å². The Balaban J connectivity index is 1.47. The van der Waals surface area contributed by atoms with E-state index in [2.05, 4.69) is 5.32 Å². The van der Waals surface area contributed by atoms with Crippen molar-refractivity contribution in [3.8, 4) is 0 Å². The van der Waals surface area contributed by atoms with Crippen molar-refractivity contribution >= 4 is 21.9 Å². The van der Waals surface area contributed by atoms with Crippen LogP contribution in [0.15, 0.2) is 59.5 Å². The van der Waals surface area contributed by atoms with Gasteiger partial charge in [0.1, 0.15) is 0 Å². The number of carbonyl (C=O) groups excluding carboxylic acids is 2. The molecule has 0 saturated carbocycles. The number of hydrogen-bond donors (Lipinski definition) is 1. The highest BCUT2D eigenvalue weighted by atomic mass is 32.2. The van der Waals surface area contributed by atoms with Crippen molar-refractivity contribution in [2.45, 2.75) is 43.7 Å². The Morgan fingerprint density at radius 2 is 1.70 bits per heavy atom. The number of morpholine rings is 1. The van der Waals surface area contributed by atoms with Gasteiger partial charge in [-0.25, -0.2) is 8.42 Å². The molecular formula is C24H30N2O6S. The monoisotopic (exact) mass is 474 g/mol. The first-order valence-electron chi connectivity index (χ1n) is 11.1. The molecule has 0 spiro atoms. The number of rotatable bonds is 10. The van der Waals surface area contributed by atoms with Gasteiger partial charge in [0.15, 0.2) is 6.10 Å². The summed E-state index contributed by atoms with van der Waals surface area (Å²) in [6.07, 6.45) is 0.0133. The van der Waals surface area contributed by atoms with Gasteiger partial charge in [-0.3, -0.25) is 9.59 Å². The summed E-state index contributed by atoms with van der Waals surface area (Å²) in [4.78, 5) is 24.9. The van der Waals surface area contributed by atoms with Gasteiger partial charge in [0.25, 0.3) is 5.91 Å². The molecule has 0 bridgehead atoms. The van der Waals surface area contributed by atoms with Crippen LogP contribution in [0.5, 0.6) is 0 Å². The average Bonchev–Trinajstić information content (AvgIpc) is 2.86. The van der Waals surface area contributed by atoms with Gasteiger partial charge in [-0.05, 0) is 36.1 Å². The van der Waals surface area contributed by atoms with Crippen LogP contribution in [-0.2, 0) is 42.1 Å². The van der Waals surface area contributed by atoms with Crippen molar-refractivity contribution in [1.29, 1.82) is 0 Å². The first kappa shape index (κ1) is 24.9. The van der Waals surface area contributed by atoms with E-state index in [0.717, 1.165) is 11.1 Å². The summed E-state index contributed by atoms with van der Waals surface area (Å²) in [6.45, 7) is 3.62. The summed E-state index contributed by atoms with van der Waals surface area (Å²) < 4.78 is 37.4. The van der Waals surface area contributed by atoms with E-state index in [0.29, 0.717) is 45.7 Å². The van der Waals surface area contributed by atoms with Gasteiger partial charge in [-0.2, -0.15) is 4.31 Å². The standard InChI is InChI=1S/C24H30N2O6S/c1-2-22(24(28)25-18-20-6-4-3-5-7-20)32-23(27)13-10-19-8-11-21(12-9-19)33(29,30)26-14-16-31-17-15-26/h3-9,11-12,22H,2,10,13-18H2,1H3,(H,25,28). The molecule has 2 aromatic carbocycles. The lowest BCUT2D eigenvalue weighted by molar-refractivity contribution is -0.156. The average molecular weight is 475 g/mol. The second kappa shape index (κ2) is 11.9. The van der Waals surface area contributed by atoms with Gasteiger partial charge in [0.05, 0.1) is 18.1 Å². The summed E-state index contributed by atoms with van der Waals surface area (Å²) >= 11 is 0. The molecule has 1 aliphatic heterocycles. The fourth-order valence-electron chi connectivity index (χ4n) is 3.45. The number of aryl methyl sites for hydroxylation is 1. The number of ether oxygens (including phenoxy) is 2. The molecule has 9 heteroatoms. The zero-order chi connectivity index (χ0) is 23.7. The van der Waals surface area contributed by atoms with E-state index in [4.69, 9.17) is 9.47 Å². The lowest BCUT2D eigenvalue weighted by Crippen LogP contribution is -2.40. The van der Waals surface area contributed by atoms with Gasteiger partial charge < -0.3 is 14.8 Å². The molecule has 1 amide bonds. The number of hydrogen-bond acceptors (Lipinski definition) is 6. The molecule has 33 heavy (non-hydrogen) atoms. The fourth-order valence-corrected chi connectivity index (χ4v) is 4.86. The van der Waals surface area contributed by atoms with Gasteiger partial charge in [-0.15, -0.1) is 0 Å². The van der Waals surface area contributed by atoms with Gasteiger partial charge >= 0.3 is 5.97 Å². The van der Waals surface area contributed by atoms with Crippen molar-refractivity contribution in [1.82, 2.24) is 9.62 Å². The second-order valence-corrected chi connectivity index (χ2v) is 9.69. The third-order valence-electron chi connectivity index (χ3n) is 5.40. The van der Waals surface area contributed by atoms with Gasteiger partial charge in [0.2, 0.25) is 10.0 Å². The molecule has 1 unspecified atom stereocenters. The summed E-state index contributed by atoms with van der Waals surface area (Å²) in [5.41, 5.74) is 1.78. The van der Waals surface area contributed by atoms with E-state index in [-0.39, 0.29) is 17.2 Å². The van der Waals surface area contributed by atoms with Gasteiger partial charge in [-0.1, -0.05) is 49.4 Å². The van der Waals surface area contributed by atoms with Gasteiger partial charge in [0, 0.05) is 26.1 Å². The predicted octanol–water partition coefficient (Wildman–Crippen LogP) is 2.28. The Labute approximate surface area is 194 Å². The molecule has 1 atom stereocenters. The minimum Gasteiger partial charge on any atom is -0.452 e. The minimum atomic E-state index is -3.55. The van der Waals surface area contributed by atoms with Crippen LogP contribution in [-0.4, -0.2) is 57.0 Å².